The standard InChI is InChI=1S/C19H23N3O5S/c1-13(2)20-18(23)11-27-19(24)16-10-17(14-6-4-3-5-7-14)22(21-16)15-8-9-28(25,26)12-15/h3-7,10,13,15H,8-9,11-12H2,1-2H3,(H,20,23)/t15-/m0/s1. The van der Waals surface area contributed by atoms with Gasteiger partial charge in [-0.05, 0) is 31.9 Å². The first-order valence-electron chi connectivity index (χ1n) is 9.07. The molecule has 1 aliphatic heterocycles. The van der Waals surface area contributed by atoms with Crippen molar-refractivity contribution < 1.29 is 22.7 Å². The molecule has 2 heterocycles. The van der Waals surface area contributed by atoms with Gasteiger partial charge in [0.1, 0.15) is 0 Å². The van der Waals surface area contributed by atoms with Crippen LogP contribution in [0.3, 0.4) is 0 Å². The summed E-state index contributed by atoms with van der Waals surface area (Å²) in [5.74, 6) is -1.04. The lowest BCUT2D eigenvalue weighted by Crippen LogP contribution is -2.34. The smallest absolute Gasteiger partial charge is 0.359 e. The van der Waals surface area contributed by atoms with Crippen molar-refractivity contribution in [2.75, 3.05) is 18.1 Å². The molecule has 0 radical (unpaired) electrons. The van der Waals surface area contributed by atoms with Gasteiger partial charge in [-0.2, -0.15) is 5.10 Å². The Morgan fingerprint density at radius 2 is 2.00 bits per heavy atom. The molecule has 1 N–H and O–H groups in total. The van der Waals surface area contributed by atoms with Crippen LogP contribution in [0.25, 0.3) is 11.3 Å². The SMILES string of the molecule is CC(C)NC(=O)COC(=O)c1cc(-c2ccccc2)n([C@H]2CCS(=O)(=O)C2)n1. The second kappa shape index (κ2) is 8.14. The van der Waals surface area contributed by atoms with Crippen molar-refractivity contribution in [2.45, 2.75) is 32.4 Å². The van der Waals surface area contributed by atoms with Crippen molar-refractivity contribution >= 4 is 21.7 Å². The second-order valence-electron chi connectivity index (χ2n) is 7.08. The van der Waals surface area contributed by atoms with E-state index in [2.05, 4.69) is 10.4 Å². The van der Waals surface area contributed by atoms with E-state index in [1.807, 2.05) is 44.2 Å². The van der Waals surface area contributed by atoms with Gasteiger partial charge in [0.05, 0.1) is 23.2 Å². The summed E-state index contributed by atoms with van der Waals surface area (Å²) < 4.78 is 30.4. The molecule has 0 unspecified atom stereocenters. The maximum atomic E-state index is 12.4. The van der Waals surface area contributed by atoms with Gasteiger partial charge in [-0.3, -0.25) is 9.48 Å². The fraction of sp³-hybridized carbons (Fsp3) is 0.421. The first-order chi connectivity index (χ1) is 13.2. The molecule has 28 heavy (non-hydrogen) atoms. The van der Waals surface area contributed by atoms with E-state index in [1.165, 1.54) is 0 Å². The van der Waals surface area contributed by atoms with E-state index in [9.17, 15) is 18.0 Å². The average molecular weight is 405 g/mol. The summed E-state index contributed by atoms with van der Waals surface area (Å²) >= 11 is 0. The maximum Gasteiger partial charge on any atom is 0.359 e. The molecular formula is C19H23N3O5S. The van der Waals surface area contributed by atoms with E-state index in [-0.39, 0.29) is 29.3 Å². The largest absolute Gasteiger partial charge is 0.451 e. The lowest BCUT2D eigenvalue weighted by atomic mass is 10.1. The number of rotatable bonds is 6. The van der Waals surface area contributed by atoms with Crippen molar-refractivity contribution in [1.29, 1.82) is 0 Å². The van der Waals surface area contributed by atoms with Crippen LogP contribution in [-0.4, -0.2) is 54.2 Å². The van der Waals surface area contributed by atoms with E-state index >= 15 is 0 Å². The fourth-order valence-corrected chi connectivity index (χ4v) is 4.83. The Hall–Kier alpha value is -2.68. The number of hydrogen-bond acceptors (Lipinski definition) is 6. The van der Waals surface area contributed by atoms with Gasteiger partial charge in [0, 0.05) is 6.04 Å². The number of carbonyl (C=O) groups is 2. The molecule has 0 saturated carbocycles. The van der Waals surface area contributed by atoms with Crippen LogP contribution in [0.2, 0.25) is 0 Å². The molecule has 1 atom stereocenters. The molecule has 9 heteroatoms. The highest BCUT2D eigenvalue weighted by Gasteiger charge is 2.32. The summed E-state index contributed by atoms with van der Waals surface area (Å²) in [7, 11) is -3.12. The first-order valence-corrected chi connectivity index (χ1v) is 10.9. The van der Waals surface area contributed by atoms with Crippen LogP contribution in [0.4, 0.5) is 0 Å². The Labute approximate surface area is 163 Å². The molecule has 3 rings (SSSR count). The van der Waals surface area contributed by atoms with Crippen LogP contribution in [0.1, 0.15) is 36.8 Å². The summed E-state index contributed by atoms with van der Waals surface area (Å²) in [5, 5.41) is 6.96. The number of amides is 1. The third kappa shape index (κ3) is 4.78. The zero-order valence-electron chi connectivity index (χ0n) is 15.8. The quantitative estimate of drug-likeness (QED) is 0.732. The summed E-state index contributed by atoms with van der Waals surface area (Å²) in [6.45, 7) is 3.22. The molecule has 1 aromatic carbocycles. The summed E-state index contributed by atoms with van der Waals surface area (Å²) in [4.78, 5) is 24.1. The number of nitrogens with one attached hydrogen (secondary N) is 1. The lowest BCUT2D eigenvalue weighted by Gasteiger charge is -2.13. The molecule has 1 aliphatic rings. The summed E-state index contributed by atoms with van der Waals surface area (Å²) in [5.41, 5.74) is 1.50. The van der Waals surface area contributed by atoms with Crippen LogP contribution in [0.5, 0.6) is 0 Å². The van der Waals surface area contributed by atoms with Crippen molar-refractivity contribution in [1.82, 2.24) is 15.1 Å². The van der Waals surface area contributed by atoms with Crippen LogP contribution in [0, 0.1) is 0 Å². The second-order valence-corrected chi connectivity index (χ2v) is 9.31. The molecule has 1 saturated heterocycles. The van der Waals surface area contributed by atoms with Gasteiger partial charge in [0.15, 0.2) is 22.1 Å². The first kappa shape index (κ1) is 20.1. The zero-order valence-corrected chi connectivity index (χ0v) is 16.6. The van der Waals surface area contributed by atoms with Crippen LogP contribution in [0.15, 0.2) is 36.4 Å². The van der Waals surface area contributed by atoms with Gasteiger partial charge in [-0.25, -0.2) is 13.2 Å². The third-order valence-corrected chi connectivity index (χ3v) is 6.10. The maximum absolute atomic E-state index is 12.4. The molecule has 2 aromatic rings. The Kier molecular flexibility index (Phi) is 5.83. The van der Waals surface area contributed by atoms with Gasteiger partial charge in [0.2, 0.25) is 0 Å². The minimum atomic E-state index is -3.12. The van der Waals surface area contributed by atoms with Gasteiger partial charge in [0.25, 0.3) is 5.91 Å². The van der Waals surface area contributed by atoms with Gasteiger partial charge < -0.3 is 10.1 Å². The third-order valence-electron chi connectivity index (χ3n) is 4.35. The molecular weight excluding hydrogens is 382 g/mol. The molecule has 1 fully saturated rings. The van der Waals surface area contributed by atoms with E-state index in [1.54, 1.807) is 10.7 Å². The zero-order chi connectivity index (χ0) is 20.3. The number of esters is 1. The van der Waals surface area contributed by atoms with Crippen LogP contribution >= 0.6 is 0 Å². The lowest BCUT2D eigenvalue weighted by molar-refractivity contribution is -0.124. The van der Waals surface area contributed by atoms with Crippen molar-refractivity contribution in [3.63, 3.8) is 0 Å². The van der Waals surface area contributed by atoms with Gasteiger partial charge in [-0.15, -0.1) is 0 Å². The number of benzene rings is 1. The van der Waals surface area contributed by atoms with Crippen LogP contribution < -0.4 is 5.32 Å². The number of sulfone groups is 1. The molecule has 8 nitrogen and oxygen atoms in total. The van der Waals surface area contributed by atoms with E-state index in [4.69, 9.17) is 4.74 Å². The number of ether oxygens (including phenoxy) is 1. The molecule has 150 valence electrons. The van der Waals surface area contributed by atoms with Crippen molar-refractivity contribution in [2.24, 2.45) is 0 Å². The minimum Gasteiger partial charge on any atom is -0.451 e. The van der Waals surface area contributed by atoms with Gasteiger partial charge in [-0.1, -0.05) is 30.3 Å². The van der Waals surface area contributed by atoms with Gasteiger partial charge >= 0.3 is 5.97 Å². The summed E-state index contributed by atoms with van der Waals surface area (Å²) in [6, 6.07) is 10.5. The average Bonchev–Trinajstić information content (AvgIpc) is 3.23. The number of nitrogens with zero attached hydrogens (tertiary/aromatic N) is 2. The highest BCUT2D eigenvalue weighted by molar-refractivity contribution is 7.91. The number of carbonyl (C=O) groups excluding carboxylic acids is 2. The Morgan fingerprint density at radius 1 is 1.29 bits per heavy atom. The Morgan fingerprint density at radius 3 is 2.61 bits per heavy atom. The molecule has 0 spiro atoms. The fourth-order valence-electron chi connectivity index (χ4n) is 3.13. The molecule has 0 bridgehead atoms. The molecule has 1 aromatic heterocycles. The Balaban J connectivity index is 1.85. The number of hydrogen-bond donors (Lipinski definition) is 1. The summed E-state index contributed by atoms with van der Waals surface area (Å²) in [6.07, 6.45) is 0.440. The minimum absolute atomic E-state index is 0.0141. The Bertz CT molecular complexity index is 967. The predicted octanol–water partition coefficient (Wildman–Crippen LogP) is 1.59. The number of aromatic nitrogens is 2. The van der Waals surface area contributed by atoms with Crippen molar-refractivity contribution in [3.05, 3.63) is 42.1 Å². The highest BCUT2D eigenvalue weighted by Crippen LogP contribution is 2.30. The predicted molar refractivity (Wildman–Crippen MR) is 104 cm³/mol. The monoisotopic (exact) mass is 405 g/mol. The van der Waals surface area contributed by atoms with E-state index in [0.717, 1.165) is 5.56 Å². The topological polar surface area (TPSA) is 107 Å². The molecule has 0 aliphatic carbocycles. The van der Waals surface area contributed by atoms with E-state index in [0.29, 0.717) is 12.1 Å². The highest BCUT2D eigenvalue weighted by atomic mass is 32.2. The van der Waals surface area contributed by atoms with Crippen molar-refractivity contribution in [3.8, 4) is 11.3 Å². The van der Waals surface area contributed by atoms with E-state index < -0.39 is 28.3 Å². The molecule has 1 amide bonds. The normalized spacial score (nSPS) is 18.2. The van der Waals surface area contributed by atoms with Crippen LogP contribution in [-0.2, 0) is 19.4 Å².